The van der Waals surface area contributed by atoms with E-state index >= 15 is 0 Å². The Morgan fingerprint density at radius 1 is 0.419 bits per heavy atom. The maximum Gasteiger partial charge on any atom is 0.160 e. The minimum atomic E-state index is 0.874. The molecular weight excluding hydrogens is 524 g/mol. The first kappa shape index (κ1) is 22.8. The molecule has 0 N–H and O–H groups in total. The van der Waals surface area contributed by atoms with Gasteiger partial charge in [-0.3, -0.25) is 0 Å². The molecule has 3 heteroatoms. The predicted molar refractivity (Wildman–Crippen MR) is 178 cm³/mol. The molecule has 0 aliphatic carbocycles. The Balaban J connectivity index is 1.21. The van der Waals surface area contributed by atoms with Gasteiger partial charge in [-0.25, -0.2) is 0 Å². The van der Waals surface area contributed by atoms with Crippen LogP contribution in [0.1, 0.15) is 0 Å². The highest BCUT2D eigenvalue weighted by molar-refractivity contribution is 6.18. The van der Waals surface area contributed by atoms with E-state index in [2.05, 4.69) is 149 Å². The maximum atomic E-state index is 6.70. The minimum absolute atomic E-state index is 0.874. The lowest BCUT2D eigenvalue weighted by Crippen LogP contribution is -2.05. The zero-order valence-corrected chi connectivity index (χ0v) is 23.2. The van der Waals surface area contributed by atoms with Gasteiger partial charge < -0.3 is 13.9 Å². The van der Waals surface area contributed by atoms with Crippen LogP contribution in [-0.4, -0.2) is 9.13 Å². The summed E-state index contributed by atoms with van der Waals surface area (Å²) >= 11 is 0. The minimum Gasteiger partial charge on any atom is -0.452 e. The summed E-state index contributed by atoms with van der Waals surface area (Å²) in [4.78, 5) is 0. The average molecular weight is 549 g/mol. The van der Waals surface area contributed by atoms with Crippen molar-refractivity contribution in [2.75, 3.05) is 0 Å². The molecule has 9 aromatic rings. The van der Waals surface area contributed by atoms with Crippen molar-refractivity contribution in [3.05, 3.63) is 146 Å². The van der Waals surface area contributed by atoms with E-state index in [9.17, 15) is 0 Å². The molecule has 1 aliphatic rings. The van der Waals surface area contributed by atoms with Crippen LogP contribution in [0.5, 0.6) is 11.5 Å². The first-order valence-electron chi connectivity index (χ1n) is 14.7. The number of hydrogen-bond acceptors (Lipinski definition) is 1. The van der Waals surface area contributed by atoms with Gasteiger partial charge in [-0.2, -0.15) is 0 Å². The van der Waals surface area contributed by atoms with Crippen LogP contribution in [-0.2, 0) is 0 Å². The van der Waals surface area contributed by atoms with Gasteiger partial charge in [0.15, 0.2) is 11.5 Å². The van der Waals surface area contributed by atoms with E-state index in [1.807, 2.05) is 6.07 Å². The van der Waals surface area contributed by atoms with Gasteiger partial charge in [0.05, 0.1) is 27.8 Å². The highest BCUT2D eigenvalue weighted by atomic mass is 16.5. The largest absolute Gasteiger partial charge is 0.452 e. The van der Waals surface area contributed by atoms with Crippen molar-refractivity contribution in [2.24, 2.45) is 0 Å². The van der Waals surface area contributed by atoms with Crippen LogP contribution >= 0.6 is 0 Å². The molecule has 2 aromatic heterocycles. The molecule has 0 saturated heterocycles. The molecular formula is C40H24N2O. The SMILES string of the molecule is c1ccc2c(c1)Oc1c(-c3ccc(-n4c5ccccc5c5ccc6ccccc6c54)cc3)ccc3c4ccccc4n-2c13. The van der Waals surface area contributed by atoms with Crippen LogP contribution in [0, 0.1) is 0 Å². The second kappa shape index (κ2) is 8.37. The van der Waals surface area contributed by atoms with Crippen molar-refractivity contribution in [1.29, 1.82) is 0 Å². The normalized spacial score (nSPS) is 12.4. The zero-order valence-electron chi connectivity index (χ0n) is 23.2. The Hall–Kier alpha value is -5.80. The second-order valence-corrected chi connectivity index (χ2v) is 11.3. The number of hydrogen-bond donors (Lipinski definition) is 0. The second-order valence-electron chi connectivity index (χ2n) is 11.3. The van der Waals surface area contributed by atoms with E-state index in [1.165, 1.54) is 48.9 Å². The number of ether oxygens (including phenoxy) is 1. The molecule has 10 rings (SSSR count). The van der Waals surface area contributed by atoms with Crippen molar-refractivity contribution < 1.29 is 4.74 Å². The van der Waals surface area contributed by atoms with Crippen molar-refractivity contribution in [1.82, 2.24) is 9.13 Å². The third-order valence-corrected chi connectivity index (χ3v) is 9.10. The van der Waals surface area contributed by atoms with Gasteiger partial charge in [-0.1, -0.05) is 103 Å². The lowest BCUT2D eigenvalue weighted by molar-refractivity contribution is 0.478. The molecule has 0 bridgehead atoms. The molecule has 200 valence electrons. The molecule has 43 heavy (non-hydrogen) atoms. The van der Waals surface area contributed by atoms with E-state index in [0.717, 1.165) is 39.5 Å². The van der Waals surface area contributed by atoms with Crippen LogP contribution in [0.15, 0.2) is 146 Å². The van der Waals surface area contributed by atoms with E-state index in [1.54, 1.807) is 0 Å². The highest BCUT2D eigenvalue weighted by Gasteiger charge is 2.26. The molecule has 7 aromatic carbocycles. The fourth-order valence-electron chi connectivity index (χ4n) is 7.23. The number of para-hydroxylation sites is 4. The predicted octanol–water partition coefficient (Wildman–Crippen LogP) is 10.8. The molecule has 1 aliphatic heterocycles. The maximum absolute atomic E-state index is 6.70. The molecule has 0 atom stereocenters. The third kappa shape index (κ3) is 3.03. The van der Waals surface area contributed by atoms with E-state index in [-0.39, 0.29) is 0 Å². The Labute approximate surface area is 247 Å². The summed E-state index contributed by atoms with van der Waals surface area (Å²) < 4.78 is 11.5. The summed E-state index contributed by atoms with van der Waals surface area (Å²) in [6, 6.07) is 52.2. The Morgan fingerprint density at radius 2 is 1.05 bits per heavy atom. The van der Waals surface area contributed by atoms with Crippen molar-refractivity contribution in [3.63, 3.8) is 0 Å². The van der Waals surface area contributed by atoms with Gasteiger partial charge in [0.2, 0.25) is 0 Å². The topological polar surface area (TPSA) is 19.1 Å². The summed E-state index contributed by atoms with van der Waals surface area (Å²) in [5.74, 6) is 1.78. The van der Waals surface area contributed by atoms with E-state index < -0.39 is 0 Å². The molecule has 0 unspecified atom stereocenters. The molecule has 0 fully saturated rings. The van der Waals surface area contributed by atoms with Crippen molar-refractivity contribution in [3.8, 4) is 34.0 Å². The van der Waals surface area contributed by atoms with Gasteiger partial charge in [0.1, 0.15) is 0 Å². The first-order chi connectivity index (χ1) is 21.3. The van der Waals surface area contributed by atoms with Crippen LogP contribution in [0.3, 0.4) is 0 Å². The number of fused-ring (bicyclic) bond motifs is 10. The van der Waals surface area contributed by atoms with Crippen LogP contribution in [0.4, 0.5) is 0 Å². The lowest BCUT2D eigenvalue weighted by atomic mass is 10.0. The number of benzene rings is 7. The summed E-state index contributed by atoms with van der Waals surface area (Å²) in [5.41, 5.74) is 9.20. The van der Waals surface area contributed by atoms with Gasteiger partial charge in [0, 0.05) is 38.2 Å². The summed E-state index contributed by atoms with van der Waals surface area (Å²) in [7, 11) is 0. The fraction of sp³-hybridized carbons (Fsp3) is 0. The van der Waals surface area contributed by atoms with Crippen molar-refractivity contribution >= 4 is 54.4 Å². The monoisotopic (exact) mass is 548 g/mol. The first-order valence-corrected chi connectivity index (χ1v) is 14.7. The summed E-state index contributed by atoms with van der Waals surface area (Å²) in [5, 5.41) is 7.48. The molecule has 0 amide bonds. The summed E-state index contributed by atoms with van der Waals surface area (Å²) in [6.07, 6.45) is 0. The van der Waals surface area contributed by atoms with Crippen LogP contribution in [0.25, 0.3) is 76.9 Å². The quantitative estimate of drug-likeness (QED) is 0.210. The smallest absolute Gasteiger partial charge is 0.160 e. The zero-order chi connectivity index (χ0) is 28.1. The third-order valence-electron chi connectivity index (χ3n) is 9.10. The van der Waals surface area contributed by atoms with Crippen molar-refractivity contribution in [2.45, 2.75) is 0 Å². The highest BCUT2D eigenvalue weighted by Crippen LogP contribution is 2.49. The van der Waals surface area contributed by atoms with Gasteiger partial charge in [-0.05, 0) is 53.4 Å². The lowest BCUT2D eigenvalue weighted by Gasteiger charge is -2.23. The van der Waals surface area contributed by atoms with Crippen LogP contribution in [0.2, 0.25) is 0 Å². The Kier molecular flexibility index (Phi) is 4.45. The standard InChI is InChI=1S/C40H24N2O/c1-2-10-28-25(9-1)19-22-32-30-11-3-5-13-34(30)41(38(28)32)27-20-17-26(18-21-27)29-23-24-33-31-12-4-6-14-35(31)42-36-15-7-8-16-37(36)43-40(29)39(33)42/h1-24H. The van der Waals surface area contributed by atoms with Gasteiger partial charge in [0.25, 0.3) is 0 Å². The van der Waals surface area contributed by atoms with E-state index in [0.29, 0.717) is 0 Å². The Morgan fingerprint density at radius 3 is 1.86 bits per heavy atom. The molecule has 0 saturated carbocycles. The molecule has 0 radical (unpaired) electrons. The van der Waals surface area contributed by atoms with Gasteiger partial charge >= 0.3 is 0 Å². The number of rotatable bonds is 2. The van der Waals surface area contributed by atoms with Gasteiger partial charge in [-0.15, -0.1) is 0 Å². The number of aromatic nitrogens is 2. The van der Waals surface area contributed by atoms with Crippen LogP contribution < -0.4 is 4.74 Å². The fourth-order valence-corrected chi connectivity index (χ4v) is 7.23. The average Bonchev–Trinajstić information content (AvgIpc) is 3.60. The Bertz CT molecular complexity index is 2580. The number of nitrogens with zero attached hydrogens (tertiary/aromatic N) is 2. The molecule has 0 spiro atoms. The molecule has 3 heterocycles. The summed E-state index contributed by atoms with van der Waals surface area (Å²) in [6.45, 7) is 0. The van der Waals surface area contributed by atoms with E-state index in [4.69, 9.17) is 4.74 Å². The molecule has 3 nitrogen and oxygen atoms in total.